The molecule has 4 nitrogen and oxygen atoms in total. The van der Waals surface area contributed by atoms with Crippen molar-refractivity contribution in [2.75, 3.05) is 32.0 Å². The maximum atomic E-state index is 4.61. The van der Waals surface area contributed by atoms with Crippen LogP contribution in [0.4, 0.5) is 5.82 Å². The van der Waals surface area contributed by atoms with Crippen LogP contribution >= 0.6 is 15.9 Å². The number of halogens is 1. The van der Waals surface area contributed by atoms with Crippen molar-refractivity contribution < 1.29 is 0 Å². The second-order valence-electron chi connectivity index (χ2n) is 5.51. The van der Waals surface area contributed by atoms with Crippen LogP contribution in [0.25, 0.3) is 0 Å². The summed E-state index contributed by atoms with van der Waals surface area (Å²) >= 11 is 3.47. The Hall–Kier alpha value is -0.680. The van der Waals surface area contributed by atoms with E-state index in [1.807, 2.05) is 6.07 Å². The fraction of sp³-hybridized carbons (Fsp3) is 0.692. The molecule has 0 spiro atoms. The van der Waals surface area contributed by atoms with Gasteiger partial charge < -0.3 is 10.2 Å². The van der Waals surface area contributed by atoms with Crippen molar-refractivity contribution in [2.45, 2.75) is 25.2 Å². The Morgan fingerprint density at radius 1 is 1.39 bits per heavy atom. The molecule has 0 amide bonds. The quantitative estimate of drug-likeness (QED) is 0.868. The van der Waals surface area contributed by atoms with Crippen molar-refractivity contribution in [3.05, 3.63) is 16.5 Å². The summed E-state index contributed by atoms with van der Waals surface area (Å²) in [5.41, 5.74) is 0. The Balaban J connectivity index is 1.61. The third-order valence-corrected chi connectivity index (χ3v) is 4.12. The SMILES string of the molecule is CN1CCC(CNc2cc(Br)nc(C3CC3)n2)C1. The highest BCUT2D eigenvalue weighted by Crippen LogP contribution is 2.38. The number of rotatable bonds is 4. The van der Waals surface area contributed by atoms with Gasteiger partial charge in [0.15, 0.2) is 0 Å². The normalized spacial score (nSPS) is 24.4. The van der Waals surface area contributed by atoms with E-state index in [-0.39, 0.29) is 0 Å². The van der Waals surface area contributed by atoms with E-state index in [4.69, 9.17) is 0 Å². The third-order valence-electron chi connectivity index (χ3n) is 3.72. The Labute approximate surface area is 116 Å². The van der Waals surface area contributed by atoms with E-state index in [1.165, 1.54) is 32.4 Å². The van der Waals surface area contributed by atoms with E-state index in [0.717, 1.165) is 28.7 Å². The van der Waals surface area contributed by atoms with Gasteiger partial charge in [0.25, 0.3) is 0 Å². The molecule has 1 atom stereocenters. The van der Waals surface area contributed by atoms with Gasteiger partial charge in [-0.1, -0.05) is 0 Å². The fourth-order valence-corrected chi connectivity index (χ4v) is 2.89. The summed E-state index contributed by atoms with van der Waals surface area (Å²) in [5.74, 6) is 3.30. The minimum absolute atomic E-state index is 0.598. The van der Waals surface area contributed by atoms with Crippen molar-refractivity contribution in [2.24, 2.45) is 5.92 Å². The van der Waals surface area contributed by atoms with Crippen LogP contribution in [0.1, 0.15) is 31.0 Å². The first-order chi connectivity index (χ1) is 8.70. The highest BCUT2D eigenvalue weighted by molar-refractivity contribution is 9.10. The molecule has 1 aliphatic carbocycles. The standard InChI is InChI=1S/C13H19BrN4/c1-18-5-4-9(8-18)7-15-12-6-11(14)16-13(17-12)10-2-3-10/h6,9-10H,2-5,7-8H2,1H3,(H,15,16,17). The largest absolute Gasteiger partial charge is 0.370 e. The zero-order valence-electron chi connectivity index (χ0n) is 10.7. The Kier molecular flexibility index (Phi) is 3.52. The molecule has 1 aromatic heterocycles. The summed E-state index contributed by atoms with van der Waals surface area (Å²) in [6.07, 6.45) is 3.76. The highest BCUT2D eigenvalue weighted by atomic mass is 79.9. The van der Waals surface area contributed by atoms with Gasteiger partial charge in [0.05, 0.1) is 0 Å². The fourth-order valence-electron chi connectivity index (χ4n) is 2.49. The summed E-state index contributed by atoms with van der Waals surface area (Å²) in [7, 11) is 2.19. The molecule has 1 unspecified atom stereocenters. The number of hydrogen-bond acceptors (Lipinski definition) is 4. The molecule has 2 heterocycles. The summed E-state index contributed by atoms with van der Waals surface area (Å²) in [6.45, 7) is 3.42. The van der Waals surface area contributed by atoms with Gasteiger partial charge in [0.1, 0.15) is 16.2 Å². The lowest BCUT2D eigenvalue weighted by Gasteiger charge is -2.12. The predicted molar refractivity (Wildman–Crippen MR) is 75.8 cm³/mol. The number of nitrogens with one attached hydrogen (secondary N) is 1. The van der Waals surface area contributed by atoms with Gasteiger partial charge in [-0.3, -0.25) is 0 Å². The van der Waals surface area contributed by atoms with Gasteiger partial charge in [-0.05, 0) is 54.7 Å². The Morgan fingerprint density at radius 2 is 2.22 bits per heavy atom. The maximum absolute atomic E-state index is 4.61. The van der Waals surface area contributed by atoms with Crippen LogP contribution in [0.5, 0.6) is 0 Å². The second-order valence-corrected chi connectivity index (χ2v) is 6.32. The first-order valence-electron chi connectivity index (χ1n) is 6.67. The van der Waals surface area contributed by atoms with Crippen LogP contribution in [0.15, 0.2) is 10.7 Å². The van der Waals surface area contributed by atoms with E-state index >= 15 is 0 Å². The van der Waals surface area contributed by atoms with Crippen LogP contribution in [0.2, 0.25) is 0 Å². The van der Waals surface area contributed by atoms with Gasteiger partial charge in [0, 0.05) is 25.1 Å². The van der Waals surface area contributed by atoms with Crippen molar-refractivity contribution in [3.8, 4) is 0 Å². The molecule has 1 aromatic rings. The molecular weight excluding hydrogens is 292 g/mol. The van der Waals surface area contributed by atoms with Gasteiger partial charge in [0.2, 0.25) is 0 Å². The average molecular weight is 311 g/mol. The zero-order valence-corrected chi connectivity index (χ0v) is 12.3. The number of likely N-dealkylation sites (tertiary alicyclic amines) is 1. The third kappa shape index (κ3) is 3.01. The molecule has 0 radical (unpaired) electrons. The molecule has 2 fully saturated rings. The van der Waals surface area contributed by atoms with Crippen molar-refractivity contribution in [1.29, 1.82) is 0 Å². The van der Waals surface area contributed by atoms with Gasteiger partial charge >= 0.3 is 0 Å². The Bertz CT molecular complexity index is 433. The lowest BCUT2D eigenvalue weighted by molar-refractivity contribution is 0.399. The van der Waals surface area contributed by atoms with E-state index in [0.29, 0.717) is 5.92 Å². The van der Waals surface area contributed by atoms with E-state index in [9.17, 15) is 0 Å². The van der Waals surface area contributed by atoms with E-state index < -0.39 is 0 Å². The molecule has 2 aliphatic rings. The number of anilines is 1. The Morgan fingerprint density at radius 3 is 2.89 bits per heavy atom. The summed E-state index contributed by atoms with van der Waals surface area (Å²) in [4.78, 5) is 11.4. The lowest BCUT2D eigenvalue weighted by atomic mass is 10.1. The monoisotopic (exact) mass is 310 g/mol. The first kappa shape index (κ1) is 12.4. The molecule has 1 saturated heterocycles. The maximum Gasteiger partial charge on any atom is 0.135 e. The van der Waals surface area contributed by atoms with Gasteiger partial charge in [-0.25, -0.2) is 9.97 Å². The molecule has 98 valence electrons. The molecule has 0 aromatic carbocycles. The van der Waals surface area contributed by atoms with Gasteiger partial charge in [-0.15, -0.1) is 0 Å². The van der Waals surface area contributed by atoms with Gasteiger partial charge in [-0.2, -0.15) is 0 Å². The van der Waals surface area contributed by atoms with Crippen molar-refractivity contribution in [3.63, 3.8) is 0 Å². The topological polar surface area (TPSA) is 41.0 Å². The van der Waals surface area contributed by atoms with E-state index in [2.05, 4.69) is 43.2 Å². The molecular formula is C13H19BrN4. The minimum Gasteiger partial charge on any atom is -0.370 e. The molecule has 1 N–H and O–H groups in total. The zero-order chi connectivity index (χ0) is 12.5. The smallest absolute Gasteiger partial charge is 0.135 e. The van der Waals surface area contributed by atoms with Crippen molar-refractivity contribution >= 4 is 21.7 Å². The van der Waals surface area contributed by atoms with Crippen LogP contribution in [0, 0.1) is 5.92 Å². The lowest BCUT2D eigenvalue weighted by Crippen LogP contribution is -2.19. The summed E-state index contributed by atoms with van der Waals surface area (Å²) < 4.78 is 0.894. The second kappa shape index (κ2) is 5.13. The first-order valence-corrected chi connectivity index (χ1v) is 7.47. The van der Waals surface area contributed by atoms with Crippen LogP contribution in [-0.2, 0) is 0 Å². The predicted octanol–water partition coefficient (Wildman–Crippen LogP) is 2.48. The number of hydrogen-bond donors (Lipinski definition) is 1. The average Bonchev–Trinajstić information content (AvgIpc) is 3.10. The number of nitrogens with zero attached hydrogens (tertiary/aromatic N) is 3. The van der Waals surface area contributed by atoms with Crippen LogP contribution in [-0.4, -0.2) is 41.5 Å². The van der Waals surface area contributed by atoms with E-state index in [1.54, 1.807) is 0 Å². The molecule has 0 bridgehead atoms. The molecule has 1 aliphatic heterocycles. The molecule has 1 saturated carbocycles. The molecule has 5 heteroatoms. The molecule has 18 heavy (non-hydrogen) atoms. The minimum atomic E-state index is 0.598. The highest BCUT2D eigenvalue weighted by Gasteiger charge is 2.27. The van der Waals surface area contributed by atoms with Crippen LogP contribution < -0.4 is 5.32 Å². The van der Waals surface area contributed by atoms with Crippen molar-refractivity contribution in [1.82, 2.24) is 14.9 Å². The number of aromatic nitrogens is 2. The summed E-state index contributed by atoms with van der Waals surface area (Å²) in [6, 6.07) is 1.98. The van der Waals surface area contributed by atoms with Crippen LogP contribution in [0.3, 0.4) is 0 Å². The summed E-state index contributed by atoms with van der Waals surface area (Å²) in [5, 5.41) is 3.46. The molecule has 3 rings (SSSR count).